The molecule has 1 aliphatic rings. The average Bonchev–Trinajstić information content (AvgIpc) is 3.48. The van der Waals surface area contributed by atoms with Gasteiger partial charge in [-0.25, -0.2) is 4.85 Å². The van der Waals surface area contributed by atoms with E-state index in [9.17, 15) is 13.2 Å². The molecule has 0 radical (unpaired) electrons. The van der Waals surface area contributed by atoms with Crippen molar-refractivity contribution in [3.05, 3.63) is 59.8 Å². The van der Waals surface area contributed by atoms with Gasteiger partial charge in [0, 0.05) is 40.0 Å². The van der Waals surface area contributed by atoms with Gasteiger partial charge in [-0.2, -0.15) is 18.3 Å². The fourth-order valence-corrected chi connectivity index (χ4v) is 3.99. The van der Waals surface area contributed by atoms with E-state index < -0.39 is 11.6 Å². The average molecular weight is 464 g/mol. The van der Waals surface area contributed by atoms with Crippen molar-refractivity contribution in [1.29, 1.82) is 0 Å². The third-order valence-electron chi connectivity index (χ3n) is 6.22. The van der Waals surface area contributed by atoms with Crippen LogP contribution in [0.15, 0.2) is 42.7 Å². The zero-order valence-corrected chi connectivity index (χ0v) is 18.4. The second kappa shape index (κ2) is 7.80. The van der Waals surface area contributed by atoms with Gasteiger partial charge in [-0.15, -0.1) is 10.2 Å². The minimum absolute atomic E-state index is 0.105. The molecule has 3 aromatic heterocycles. The molecule has 4 aromatic rings. The Labute approximate surface area is 193 Å². The van der Waals surface area contributed by atoms with E-state index in [0.29, 0.717) is 39.6 Å². The molecular weight excluding hydrogens is 445 g/mol. The van der Waals surface area contributed by atoms with E-state index in [4.69, 9.17) is 11.3 Å². The summed E-state index contributed by atoms with van der Waals surface area (Å²) >= 11 is 0. The summed E-state index contributed by atoms with van der Waals surface area (Å²) in [5, 5.41) is 13.2. The highest BCUT2D eigenvalue weighted by Crippen LogP contribution is 2.58. The Hall–Kier alpha value is -4.00. The van der Waals surface area contributed by atoms with Gasteiger partial charge in [0.2, 0.25) is 11.6 Å². The van der Waals surface area contributed by atoms with Crippen LogP contribution in [0.4, 0.5) is 18.9 Å². The minimum atomic E-state index is -4.26. The molecule has 1 fully saturated rings. The number of hydrogen-bond donors (Lipinski definition) is 0. The Morgan fingerprint density at radius 3 is 2.62 bits per heavy atom. The Balaban J connectivity index is 1.58. The van der Waals surface area contributed by atoms with Crippen LogP contribution in [0.2, 0.25) is 0 Å². The molecule has 0 N–H and O–H groups in total. The first-order valence-corrected chi connectivity index (χ1v) is 10.5. The third kappa shape index (κ3) is 3.73. The number of pyridine rings is 1. The molecule has 10 heteroatoms. The summed E-state index contributed by atoms with van der Waals surface area (Å²) in [6.45, 7) is 8.99. The summed E-state index contributed by atoms with van der Waals surface area (Å²) in [5.41, 5.74) is 2.37. The van der Waals surface area contributed by atoms with Crippen molar-refractivity contribution in [3.8, 4) is 28.3 Å². The molecule has 0 saturated heterocycles. The molecule has 0 bridgehead atoms. The lowest BCUT2D eigenvalue weighted by atomic mass is 9.99. The number of ether oxygens (including phenoxy) is 1. The second-order valence-corrected chi connectivity index (χ2v) is 8.47. The number of aryl methyl sites for hydroxylation is 1. The van der Waals surface area contributed by atoms with Crippen molar-refractivity contribution in [2.45, 2.75) is 32.5 Å². The molecule has 3 heterocycles. The van der Waals surface area contributed by atoms with Gasteiger partial charge >= 0.3 is 6.18 Å². The Morgan fingerprint density at radius 1 is 1.15 bits per heavy atom. The van der Waals surface area contributed by atoms with Crippen molar-refractivity contribution >= 4 is 16.6 Å². The molecule has 0 amide bonds. The first-order valence-electron chi connectivity index (χ1n) is 10.5. The lowest BCUT2D eigenvalue weighted by Gasteiger charge is -2.18. The van der Waals surface area contributed by atoms with Gasteiger partial charge in [-0.05, 0) is 31.9 Å². The molecule has 0 atom stereocenters. The number of aromatic nitrogens is 5. The van der Waals surface area contributed by atoms with Gasteiger partial charge in [0.05, 0.1) is 43.0 Å². The van der Waals surface area contributed by atoms with Crippen molar-refractivity contribution in [3.63, 3.8) is 0 Å². The van der Waals surface area contributed by atoms with Gasteiger partial charge in [0.25, 0.3) is 0 Å². The molecule has 7 nitrogen and oxygen atoms in total. The highest BCUT2D eigenvalue weighted by Gasteiger charge is 2.63. The number of fused-ring (bicyclic) bond motifs is 1. The van der Waals surface area contributed by atoms with Crippen LogP contribution >= 0.6 is 0 Å². The Kier molecular flexibility index (Phi) is 5.01. The summed E-state index contributed by atoms with van der Waals surface area (Å²) in [7, 11) is 1.52. The summed E-state index contributed by atoms with van der Waals surface area (Å²) in [4.78, 5) is 8.21. The molecule has 5 rings (SSSR count). The van der Waals surface area contributed by atoms with E-state index in [2.05, 4.69) is 25.1 Å². The standard InChI is InChI=1S/C24H19F3N6O/c1-14-19(28-2)10-18(17-11-29-33(12-17)13-23(6-7-23)24(25,26)27)22(30-14)16-5-4-15-9-21(34-3)32-31-20(15)8-16/h4-5,8-12H,6-7,13H2,1,3H3. The highest BCUT2D eigenvalue weighted by molar-refractivity contribution is 5.89. The van der Waals surface area contributed by atoms with E-state index in [-0.39, 0.29) is 19.4 Å². The largest absolute Gasteiger partial charge is 0.480 e. The predicted molar refractivity (Wildman–Crippen MR) is 119 cm³/mol. The number of hydrogen-bond acceptors (Lipinski definition) is 5. The van der Waals surface area contributed by atoms with Gasteiger partial charge in [0.15, 0.2) is 0 Å². The summed E-state index contributed by atoms with van der Waals surface area (Å²) < 4.78 is 46.7. The summed E-state index contributed by atoms with van der Waals surface area (Å²) in [6, 6.07) is 9.05. The van der Waals surface area contributed by atoms with Gasteiger partial charge in [-0.3, -0.25) is 9.67 Å². The molecule has 0 spiro atoms. The fraction of sp³-hybridized carbons (Fsp3) is 0.292. The smallest absolute Gasteiger partial charge is 0.396 e. The number of alkyl halides is 3. The normalized spacial score (nSPS) is 14.7. The molecule has 0 unspecified atom stereocenters. The van der Waals surface area contributed by atoms with Crippen LogP contribution in [0.5, 0.6) is 5.88 Å². The quantitative estimate of drug-likeness (QED) is 0.351. The summed E-state index contributed by atoms with van der Waals surface area (Å²) in [5.74, 6) is 0.399. The van der Waals surface area contributed by atoms with E-state index in [0.717, 1.165) is 10.9 Å². The highest BCUT2D eigenvalue weighted by atomic mass is 19.4. The molecule has 1 aromatic carbocycles. The van der Waals surface area contributed by atoms with E-state index in [1.54, 1.807) is 25.3 Å². The minimum Gasteiger partial charge on any atom is -0.480 e. The Morgan fingerprint density at radius 2 is 1.94 bits per heavy atom. The molecule has 172 valence electrons. The van der Waals surface area contributed by atoms with Crippen LogP contribution in [-0.4, -0.2) is 38.2 Å². The summed E-state index contributed by atoms with van der Waals surface area (Å²) in [6.07, 6.45) is -0.952. The van der Waals surface area contributed by atoms with Gasteiger partial charge < -0.3 is 4.74 Å². The molecule has 34 heavy (non-hydrogen) atoms. The topological polar surface area (TPSA) is 70.1 Å². The van der Waals surface area contributed by atoms with Crippen LogP contribution in [0.25, 0.3) is 38.1 Å². The Bertz CT molecular complexity index is 1450. The fourth-order valence-electron chi connectivity index (χ4n) is 3.99. The number of nitrogens with zero attached hydrogens (tertiary/aromatic N) is 6. The third-order valence-corrected chi connectivity index (χ3v) is 6.22. The molecule has 1 saturated carbocycles. The van der Waals surface area contributed by atoms with Crippen LogP contribution < -0.4 is 4.74 Å². The zero-order valence-electron chi connectivity index (χ0n) is 18.4. The van der Waals surface area contributed by atoms with E-state index >= 15 is 0 Å². The number of halogens is 3. The van der Waals surface area contributed by atoms with Crippen molar-refractivity contribution in [2.24, 2.45) is 5.41 Å². The van der Waals surface area contributed by atoms with Gasteiger partial charge in [0.1, 0.15) is 0 Å². The molecule has 0 aliphatic heterocycles. The number of rotatable bonds is 5. The lowest BCUT2D eigenvalue weighted by molar-refractivity contribution is -0.191. The second-order valence-electron chi connectivity index (χ2n) is 8.47. The number of benzene rings is 1. The van der Waals surface area contributed by atoms with Crippen LogP contribution in [0, 0.1) is 18.9 Å². The predicted octanol–water partition coefficient (Wildman–Crippen LogP) is 5.77. The molecule has 1 aliphatic carbocycles. The maximum absolute atomic E-state index is 13.4. The van der Waals surface area contributed by atoms with Crippen LogP contribution in [0.1, 0.15) is 18.5 Å². The van der Waals surface area contributed by atoms with E-state index in [1.807, 2.05) is 18.2 Å². The lowest BCUT2D eigenvalue weighted by Crippen LogP contribution is -2.29. The van der Waals surface area contributed by atoms with Crippen molar-refractivity contribution < 1.29 is 17.9 Å². The van der Waals surface area contributed by atoms with Crippen LogP contribution in [0.3, 0.4) is 0 Å². The monoisotopic (exact) mass is 464 g/mol. The SMILES string of the molecule is [C-]#[N+]c1cc(-c2cnn(CC3(C(F)(F)F)CC3)c2)c(-c2ccc3cc(OC)nnc3c2)nc1C. The zero-order chi connectivity index (χ0) is 24.1. The maximum atomic E-state index is 13.4. The van der Waals surface area contributed by atoms with E-state index in [1.165, 1.54) is 18.0 Å². The first-order chi connectivity index (χ1) is 16.2. The van der Waals surface area contributed by atoms with Gasteiger partial charge in [-0.1, -0.05) is 12.1 Å². The van der Waals surface area contributed by atoms with Crippen LogP contribution in [-0.2, 0) is 6.54 Å². The number of methoxy groups -OCH3 is 1. The van der Waals surface area contributed by atoms with Crippen molar-refractivity contribution in [1.82, 2.24) is 25.0 Å². The maximum Gasteiger partial charge on any atom is 0.396 e. The van der Waals surface area contributed by atoms with Crippen molar-refractivity contribution in [2.75, 3.05) is 7.11 Å². The first kappa shape index (κ1) is 21.8. The molecular formula is C24H19F3N6O.